The van der Waals surface area contributed by atoms with E-state index < -0.39 is 0 Å². The summed E-state index contributed by atoms with van der Waals surface area (Å²) in [6.45, 7) is 2.66. The van der Waals surface area contributed by atoms with Gasteiger partial charge < -0.3 is 9.26 Å². The fraction of sp³-hybridized carbons (Fsp3) is 0.778. The molecule has 0 N–H and O–H groups in total. The maximum Gasteiger partial charge on any atom is 0.229 e. The highest BCUT2D eigenvalue weighted by Crippen LogP contribution is 2.22. The molecule has 1 unspecified atom stereocenters. The van der Waals surface area contributed by atoms with Crippen molar-refractivity contribution < 1.29 is 9.26 Å². The zero-order chi connectivity index (χ0) is 10.4. The molecule has 1 aromatic heterocycles. The van der Waals surface area contributed by atoms with Gasteiger partial charge in [0, 0.05) is 7.11 Å². The van der Waals surface area contributed by atoms with Crippen molar-refractivity contribution in [1.29, 1.82) is 0 Å². The van der Waals surface area contributed by atoms with Crippen molar-refractivity contribution in [3.63, 3.8) is 0 Å². The Bertz CT molecular complexity index is 265. The molecule has 1 aromatic rings. The van der Waals surface area contributed by atoms with E-state index in [1.165, 1.54) is 0 Å². The van der Waals surface area contributed by atoms with Gasteiger partial charge in [0.2, 0.25) is 5.89 Å². The van der Waals surface area contributed by atoms with Crippen LogP contribution >= 0.6 is 11.6 Å². The number of rotatable bonds is 6. The summed E-state index contributed by atoms with van der Waals surface area (Å²) >= 11 is 6.04. The van der Waals surface area contributed by atoms with Crippen LogP contribution in [0.25, 0.3) is 0 Å². The van der Waals surface area contributed by atoms with Gasteiger partial charge in [-0.05, 0) is 6.42 Å². The van der Waals surface area contributed by atoms with Crippen LogP contribution in [-0.4, -0.2) is 23.9 Å². The van der Waals surface area contributed by atoms with Crippen LogP contribution in [0.2, 0.25) is 0 Å². The van der Waals surface area contributed by atoms with Crippen molar-refractivity contribution in [2.75, 3.05) is 13.7 Å². The van der Waals surface area contributed by atoms with Crippen LogP contribution in [0.1, 0.15) is 36.9 Å². The van der Waals surface area contributed by atoms with E-state index in [0.717, 1.165) is 12.8 Å². The average Bonchev–Trinajstić information content (AvgIpc) is 2.63. The van der Waals surface area contributed by atoms with Gasteiger partial charge in [0.15, 0.2) is 5.82 Å². The smallest absolute Gasteiger partial charge is 0.229 e. The second-order valence-corrected chi connectivity index (χ2v) is 3.57. The summed E-state index contributed by atoms with van der Waals surface area (Å²) in [7, 11) is 1.64. The lowest BCUT2D eigenvalue weighted by Crippen LogP contribution is -1.96. The number of alkyl halides is 1. The highest BCUT2D eigenvalue weighted by molar-refractivity contribution is 6.20. The molecular weight excluding hydrogens is 204 g/mol. The van der Waals surface area contributed by atoms with Crippen LogP contribution < -0.4 is 0 Å². The Morgan fingerprint density at radius 3 is 3.00 bits per heavy atom. The van der Waals surface area contributed by atoms with E-state index in [4.69, 9.17) is 20.9 Å². The van der Waals surface area contributed by atoms with Gasteiger partial charge in [0.05, 0.1) is 18.4 Å². The van der Waals surface area contributed by atoms with Crippen molar-refractivity contribution in [1.82, 2.24) is 10.1 Å². The molecule has 14 heavy (non-hydrogen) atoms. The molecule has 5 heteroatoms. The first-order valence-corrected chi connectivity index (χ1v) is 5.17. The van der Waals surface area contributed by atoms with Gasteiger partial charge in [0.25, 0.3) is 0 Å². The minimum atomic E-state index is -0.139. The third-order valence-corrected chi connectivity index (χ3v) is 2.24. The van der Waals surface area contributed by atoms with Gasteiger partial charge in [-0.3, -0.25) is 0 Å². The average molecular weight is 219 g/mol. The number of halogens is 1. The molecule has 1 atom stereocenters. The number of hydrogen-bond donors (Lipinski definition) is 0. The third kappa shape index (κ3) is 3.27. The van der Waals surface area contributed by atoms with Gasteiger partial charge in [0.1, 0.15) is 0 Å². The van der Waals surface area contributed by atoms with Crippen molar-refractivity contribution >= 4 is 11.6 Å². The Hall–Kier alpha value is -0.610. The molecule has 0 saturated carbocycles. The number of aromatic nitrogens is 2. The summed E-state index contributed by atoms with van der Waals surface area (Å²) in [5, 5.41) is 3.68. The third-order valence-electron chi connectivity index (χ3n) is 1.83. The van der Waals surface area contributed by atoms with Crippen LogP contribution in [-0.2, 0) is 11.2 Å². The van der Waals surface area contributed by atoms with E-state index in [-0.39, 0.29) is 5.38 Å². The van der Waals surface area contributed by atoms with Gasteiger partial charge in [-0.2, -0.15) is 4.98 Å². The SMILES string of the molecule is CCCC(Cl)c1noc(CCOC)n1. The van der Waals surface area contributed by atoms with Gasteiger partial charge in [-0.15, -0.1) is 11.6 Å². The summed E-state index contributed by atoms with van der Waals surface area (Å²) in [5.41, 5.74) is 0. The molecule has 0 aliphatic carbocycles. The van der Waals surface area contributed by atoms with E-state index in [2.05, 4.69) is 17.1 Å². The first-order valence-electron chi connectivity index (χ1n) is 4.73. The molecule has 0 aromatic carbocycles. The van der Waals surface area contributed by atoms with Crippen molar-refractivity contribution in [3.05, 3.63) is 11.7 Å². The van der Waals surface area contributed by atoms with Crippen LogP contribution in [0.4, 0.5) is 0 Å². The molecule has 0 saturated heterocycles. The Morgan fingerprint density at radius 2 is 2.36 bits per heavy atom. The lowest BCUT2D eigenvalue weighted by molar-refractivity contribution is 0.192. The first-order chi connectivity index (χ1) is 6.77. The highest BCUT2D eigenvalue weighted by Gasteiger charge is 2.14. The minimum Gasteiger partial charge on any atom is -0.384 e. The molecule has 0 aliphatic rings. The molecule has 1 rings (SSSR count). The quantitative estimate of drug-likeness (QED) is 0.688. The molecule has 0 radical (unpaired) electrons. The Kier molecular flexibility index (Phi) is 4.90. The second kappa shape index (κ2) is 5.98. The highest BCUT2D eigenvalue weighted by atomic mass is 35.5. The van der Waals surface area contributed by atoms with Crippen LogP contribution in [0.3, 0.4) is 0 Å². The fourth-order valence-electron chi connectivity index (χ4n) is 1.07. The Balaban J connectivity index is 2.49. The Morgan fingerprint density at radius 1 is 1.57 bits per heavy atom. The predicted molar refractivity (Wildman–Crippen MR) is 53.4 cm³/mol. The Labute approximate surface area is 88.6 Å². The fourth-order valence-corrected chi connectivity index (χ4v) is 1.38. The normalized spacial score (nSPS) is 13.1. The molecule has 80 valence electrons. The molecule has 1 heterocycles. The summed E-state index contributed by atoms with van der Waals surface area (Å²) in [5.74, 6) is 1.17. The molecule has 0 bridgehead atoms. The predicted octanol–water partition coefficient (Wildman–Crippen LogP) is 2.34. The lowest BCUT2D eigenvalue weighted by atomic mass is 10.2. The van der Waals surface area contributed by atoms with Crippen molar-refractivity contribution in [2.24, 2.45) is 0 Å². The number of ether oxygens (including phenoxy) is 1. The topological polar surface area (TPSA) is 48.2 Å². The van der Waals surface area contributed by atoms with Crippen LogP contribution in [0.15, 0.2) is 4.52 Å². The van der Waals surface area contributed by atoms with E-state index >= 15 is 0 Å². The summed E-state index contributed by atoms with van der Waals surface area (Å²) in [4.78, 5) is 4.18. The van der Waals surface area contributed by atoms with Gasteiger partial charge >= 0.3 is 0 Å². The monoisotopic (exact) mass is 218 g/mol. The van der Waals surface area contributed by atoms with Crippen LogP contribution in [0, 0.1) is 0 Å². The second-order valence-electron chi connectivity index (χ2n) is 3.05. The standard InChI is InChI=1S/C9H15ClN2O2/c1-3-4-7(10)9-11-8(14-12-9)5-6-13-2/h7H,3-6H2,1-2H3. The maximum absolute atomic E-state index is 6.04. The summed E-state index contributed by atoms with van der Waals surface area (Å²) in [6.07, 6.45) is 2.51. The van der Waals surface area contributed by atoms with Gasteiger partial charge in [-0.1, -0.05) is 18.5 Å². The van der Waals surface area contributed by atoms with E-state index in [1.54, 1.807) is 7.11 Å². The van der Waals surface area contributed by atoms with Crippen LogP contribution in [0.5, 0.6) is 0 Å². The lowest BCUT2D eigenvalue weighted by Gasteiger charge is -1.99. The first kappa shape index (κ1) is 11.5. The number of methoxy groups -OCH3 is 1. The summed E-state index contributed by atoms with van der Waals surface area (Å²) < 4.78 is 9.91. The van der Waals surface area contributed by atoms with E-state index in [0.29, 0.717) is 24.7 Å². The van der Waals surface area contributed by atoms with E-state index in [9.17, 15) is 0 Å². The molecule has 0 aliphatic heterocycles. The largest absolute Gasteiger partial charge is 0.384 e. The zero-order valence-corrected chi connectivity index (χ0v) is 9.25. The maximum atomic E-state index is 6.04. The van der Waals surface area contributed by atoms with Crippen molar-refractivity contribution in [3.8, 4) is 0 Å². The molecule has 0 fully saturated rings. The number of nitrogens with zero attached hydrogens (tertiary/aromatic N) is 2. The van der Waals surface area contributed by atoms with E-state index in [1.807, 2.05) is 0 Å². The summed E-state index contributed by atoms with van der Waals surface area (Å²) in [6, 6.07) is 0. The molecule has 4 nitrogen and oxygen atoms in total. The molecule has 0 spiro atoms. The molecule has 0 amide bonds. The minimum absolute atomic E-state index is 0.139. The van der Waals surface area contributed by atoms with Gasteiger partial charge in [-0.25, -0.2) is 0 Å². The zero-order valence-electron chi connectivity index (χ0n) is 8.49. The number of hydrogen-bond acceptors (Lipinski definition) is 4. The van der Waals surface area contributed by atoms with Crippen molar-refractivity contribution in [2.45, 2.75) is 31.6 Å². The molecular formula is C9H15ClN2O2.